The summed E-state index contributed by atoms with van der Waals surface area (Å²) >= 11 is 0. The summed E-state index contributed by atoms with van der Waals surface area (Å²) in [6.07, 6.45) is 0.121. The number of ether oxygens (including phenoxy) is 4. The van der Waals surface area contributed by atoms with Crippen LogP contribution in [0.25, 0.3) is 22.3 Å². The highest BCUT2D eigenvalue weighted by atomic mass is 16.6. The van der Waals surface area contributed by atoms with Gasteiger partial charge in [0.2, 0.25) is 0 Å². The molecule has 2 aliphatic rings. The summed E-state index contributed by atoms with van der Waals surface area (Å²) < 4.78 is 22.9. The standard InChI is InChI=1S/C34H38O8/c1-15-9-25(33(35)36)29(21(7)31(15)41-13-23-11-39-23)27-17(3)19(5)28(20(6)18(27)4)30-22(8)32(42-14-24-12-40-24)16(2)10-26(30)34(37)38/h9-10,23-24H,11-14H2,1-8H3,(H,35,36)(H,37,38). The SMILES string of the molecule is Cc1cc(C(=O)O)c(-c2c(C)c(C)c(-c3c(C(=O)O)cc(C)c(OCC4CO4)c3C)c(C)c2C)c(C)c1OCC1CO1. The van der Waals surface area contributed by atoms with Gasteiger partial charge in [0, 0.05) is 22.3 Å². The summed E-state index contributed by atoms with van der Waals surface area (Å²) in [7, 11) is 0. The molecule has 2 aliphatic heterocycles. The number of carboxylic acid groups (broad SMARTS) is 2. The molecule has 0 spiro atoms. The average Bonchev–Trinajstić information content (AvgIpc) is 3.85. The highest BCUT2D eigenvalue weighted by Crippen LogP contribution is 2.47. The molecule has 3 aromatic carbocycles. The summed E-state index contributed by atoms with van der Waals surface area (Å²) in [5.74, 6) is -0.716. The van der Waals surface area contributed by atoms with Crippen molar-refractivity contribution >= 4 is 11.9 Å². The Morgan fingerprint density at radius 2 is 0.929 bits per heavy atom. The number of aryl methyl sites for hydroxylation is 2. The van der Waals surface area contributed by atoms with E-state index in [1.54, 1.807) is 12.1 Å². The van der Waals surface area contributed by atoms with Crippen molar-refractivity contribution in [2.75, 3.05) is 26.4 Å². The molecule has 2 fully saturated rings. The predicted octanol–water partition coefficient (Wildman–Crippen LogP) is 6.44. The molecule has 3 aromatic rings. The highest BCUT2D eigenvalue weighted by Gasteiger charge is 2.30. The normalized spacial score (nSPS) is 17.2. The van der Waals surface area contributed by atoms with Crippen molar-refractivity contribution in [2.24, 2.45) is 0 Å². The van der Waals surface area contributed by atoms with E-state index in [1.807, 2.05) is 55.4 Å². The molecule has 0 bridgehead atoms. The molecule has 2 N–H and O–H groups in total. The molecule has 8 heteroatoms. The third-order valence-corrected chi connectivity index (χ3v) is 8.63. The van der Waals surface area contributed by atoms with E-state index in [-0.39, 0.29) is 23.3 Å². The monoisotopic (exact) mass is 574 g/mol. The molecule has 2 heterocycles. The molecule has 0 amide bonds. The van der Waals surface area contributed by atoms with E-state index < -0.39 is 11.9 Å². The number of epoxide rings is 2. The zero-order valence-electron chi connectivity index (χ0n) is 25.5. The minimum absolute atomic E-state index is 0.0606. The lowest BCUT2D eigenvalue weighted by Gasteiger charge is -2.26. The first kappa shape index (κ1) is 29.6. The van der Waals surface area contributed by atoms with Crippen LogP contribution in [0.5, 0.6) is 11.5 Å². The van der Waals surface area contributed by atoms with Gasteiger partial charge in [0.1, 0.15) is 36.9 Å². The Bertz CT molecular complexity index is 1480. The maximum absolute atomic E-state index is 12.6. The minimum Gasteiger partial charge on any atom is -0.490 e. The Labute approximate surface area is 246 Å². The van der Waals surface area contributed by atoms with Crippen molar-refractivity contribution in [3.05, 3.63) is 67.8 Å². The average molecular weight is 575 g/mol. The van der Waals surface area contributed by atoms with Gasteiger partial charge in [0.25, 0.3) is 0 Å². The van der Waals surface area contributed by atoms with Crippen LogP contribution in [0.3, 0.4) is 0 Å². The van der Waals surface area contributed by atoms with Crippen LogP contribution in [-0.4, -0.2) is 60.8 Å². The summed E-state index contributed by atoms with van der Waals surface area (Å²) in [6, 6.07) is 3.34. The van der Waals surface area contributed by atoms with Crippen LogP contribution in [-0.2, 0) is 9.47 Å². The van der Waals surface area contributed by atoms with Crippen molar-refractivity contribution in [3.63, 3.8) is 0 Å². The van der Waals surface area contributed by atoms with E-state index in [1.165, 1.54) is 0 Å². The Balaban J connectivity index is 1.75. The van der Waals surface area contributed by atoms with Crippen LogP contribution < -0.4 is 9.47 Å². The third kappa shape index (κ3) is 5.25. The van der Waals surface area contributed by atoms with Crippen LogP contribution in [0.15, 0.2) is 12.1 Å². The van der Waals surface area contributed by atoms with E-state index in [9.17, 15) is 19.8 Å². The molecule has 0 aromatic heterocycles. The quantitative estimate of drug-likeness (QED) is 0.266. The highest BCUT2D eigenvalue weighted by molar-refractivity contribution is 6.02. The maximum Gasteiger partial charge on any atom is 0.336 e. The van der Waals surface area contributed by atoms with Gasteiger partial charge in [0.15, 0.2) is 0 Å². The van der Waals surface area contributed by atoms with Crippen LogP contribution in [0.4, 0.5) is 0 Å². The van der Waals surface area contributed by atoms with Gasteiger partial charge < -0.3 is 29.2 Å². The van der Waals surface area contributed by atoms with Gasteiger partial charge >= 0.3 is 11.9 Å². The van der Waals surface area contributed by atoms with Gasteiger partial charge in [-0.15, -0.1) is 0 Å². The zero-order valence-corrected chi connectivity index (χ0v) is 25.5. The van der Waals surface area contributed by atoms with Gasteiger partial charge in [-0.3, -0.25) is 0 Å². The number of carboxylic acids is 2. The summed E-state index contributed by atoms with van der Waals surface area (Å²) in [6.45, 7) is 17.5. The van der Waals surface area contributed by atoms with Gasteiger partial charge in [-0.2, -0.15) is 0 Å². The van der Waals surface area contributed by atoms with Crippen LogP contribution in [0, 0.1) is 55.4 Å². The second-order valence-electron chi connectivity index (χ2n) is 11.5. The number of hydrogen-bond donors (Lipinski definition) is 2. The fraction of sp³-hybridized carbons (Fsp3) is 0.412. The van der Waals surface area contributed by atoms with Gasteiger partial charge in [-0.1, -0.05) is 0 Å². The molecule has 2 saturated heterocycles. The Morgan fingerprint density at radius 1 is 0.619 bits per heavy atom. The number of benzene rings is 3. The lowest BCUT2D eigenvalue weighted by Crippen LogP contribution is -2.12. The van der Waals surface area contributed by atoms with Crippen molar-refractivity contribution in [1.82, 2.24) is 0 Å². The first-order chi connectivity index (χ1) is 19.8. The molecule has 2 unspecified atom stereocenters. The van der Waals surface area contributed by atoms with E-state index in [4.69, 9.17) is 18.9 Å². The molecule has 0 saturated carbocycles. The molecule has 42 heavy (non-hydrogen) atoms. The van der Waals surface area contributed by atoms with Gasteiger partial charge in [-0.25, -0.2) is 9.59 Å². The minimum atomic E-state index is -1.02. The summed E-state index contributed by atoms with van der Waals surface area (Å²) in [5.41, 5.74) is 9.78. The Morgan fingerprint density at radius 3 is 1.19 bits per heavy atom. The molecule has 2 atom stereocenters. The summed E-state index contributed by atoms with van der Waals surface area (Å²) in [4.78, 5) is 25.1. The summed E-state index contributed by atoms with van der Waals surface area (Å²) in [5, 5.41) is 20.6. The molecule has 8 nitrogen and oxygen atoms in total. The van der Waals surface area contributed by atoms with Crippen molar-refractivity contribution in [1.29, 1.82) is 0 Å². The lowest BCUT2D eigenvalue weighted by molar-refractivity contribution is 0.0686. The predicted molar refractivity (Wildman–Crippen MR) is 160 cm³/mol. The van der Waals surface area contributed by atoms with Crippen molar-refractivity contribution in [3.8, 4) is 33.8 Å². The zero-order chi connectivity index (χ0) is 30.6. The molecule has 5 rings (SSSR count). The van der Waals surface area contributed by atoms with Gasteiger partial charge in [0.05, 0.1) is 24.3 Å². The smallest absolute Gasteiger partial charge is 0.336 e. The van der Waals surface area contributed by atoms with Crippen LogP contribution >= 0.6 is 0 Å². The maximum atomic E-state index is 12.6. The molecule has 0 radical (unpaired) electrons. The van der Waals surface area contributed by atoms with Crippen molar-refractivity contribution in [2.45, 2.75) is 67.6 Å². The number of aromatic carboxylic acids is 2. The third-order valence-electron chi connectivity index (χ3n) is 8.63. The van der Waals surface area contributed by atoms with E-state index in [2.05, 4.69) is 0 Å². The number of rotatable bonds is 10. The largest absolute Gasteiger partial charge is 0.490 e. The first-order valence-electron chi connectivity index (χ1n) is 14.2. The first-order valence-corrected chi connectivity index (χ1v) is 14.2. The molecule has 0 aliphatic carbocycles. The molecule has 222 valence electrons. The molecular formula is C34H38O8. The van der Waals surface area contributed by atoms with E-state index in [0.717, 1.165) is 55.6 Å². The van der Waals surface area contributed by atoms with Crippen LogP contribution in [0.1, 0.15) is 65.2 Å². The second-order valence-corrected chi connectivity index (χ2v) is 11.5. The van der Waals surface area contributed by atoms with Crippen molar-refractivity contribution < 1.29 is 38.7 Å². The number of hydrogen-bond acceptors (Lipinski definition) is 6. The fourth-order valence-corrected chi connectivity index (χ4v) is 6.10. The van der Waals surface area contributed by atoms with Gasteiger partial charge in [-0.05, 0) is 112 Å². The fourth-order valence-electron chi connectivity index (χ4n) is 6.10. The lowest BCUT2D eigenvalue weighted by atomic mass is 9.78. The van der Waals surface area contributed by atoms with Crippen LogP contribution in [0.2, 0.25) is 0 Å². The van der Waals surface area contributed by atoms with E-state index >= 15 is 0 Å². The Hall–Kier alpha value is -3.88. The number of carbonyl (C=O) groups is 2. The van der Waals surface area contributed by atoms with E-state index in [0.29, 0.717) is 49.1 Å². The topological polar surface area (TPSA) is 118 Å². The second kappa shape index (κ2) is 11.1. The Kier molecular flexibility index (Phi) is 7.81. The molecular weight excluding hydrogens is 536 g/mol.